The number of alkyl carbamates (subject to hydrolysis) is 1. The molecule has 2 aromatic rings. The lowest BCUT2D eigenvalue weighted by atomic mass is 10.0. The number of rotatable bonds is 8. The van der Waals surface area contributed by atoms with Crippen LogP contribution in [-0.4, -0.2) is 36.4 Å². The summed E-state index contributed by atoms with van der Waals surface area (Å²) in [5.41, 5.74) is 0.550. The molecule has 0 bridgehead atoms. The molecule has 7 heteroatoms. The van der Waals surface area contributed by atoms with E-state index in [4.69, 9.17) is 14.2 Å². The molecule has 0 aromatic heterocycles. The molecule has 154 valence electrons. The van der Waals surface area contributed by atoms with Crippen LogP contribution >= 0.6 is 22.6 Å². The topological polar surface area (TPSA) is 77.2 Å². The molecule has 1 aliphatic rings. The maximum atomic E-state index is 12.4. The van der Waals surface area contributed by atoms with Crippen LogP contribution in [0.2, 0.25) is 0 Å². The summed E-state index contributed by atoms with van der Waals surface area (Å²) in [4.78, 5) is 24.8. The van der Waals surface area contributed by atoms with Crippen molar-refractivity contribution in [2.24, 2.45) is 0 Å². The third-order valence-corrected chi connectivity index (χ3v) is 5.25. The molecule has 2 atom stereocenters. The van der Waals surface area contributed by atoms with Gasteiger partial charge in [0.15, 0.2) is 0 Å². The molecule has 1 aliphatic heterocycles. The third kappa shape index (κ3) is 6.71. The van der Waals surface area contributed by atoms with Crippen molar-refractivity contribution in [3.05, 3.63) is 69.3 Å². The third-order valence-electron chi connectivity index (χ3n) is 4.53. The lowest BCUT2D eigenvalue weighted by molar-refractivity contribution is -0.163. The summed E-state index contributed by atoms with van der Waals surface area (Å²) in [7, 11) is 0. The highest BCUT2D eigenvalue weighted by molar-refractivity contribution is 14.1. The van der Waals surface area contributed by atoms with Crippen LogP contribution in [0, 0.1) is 3.57 Å². The molecular formula is C22H24INO5. The Morgan fingerprint density at radius 3 is 2.41 bits per heavy atom. The molecule has 29 heavy (non-hydrogen) atoms. The van der Waals surface area contributed by atoms with Crippen molar-refractivity contribution in [3.63, 3.8) is 0 Å². The van der Waals surface area contributed by atoms with Gasteiger partial charge in [-0.15, -0.1) is 0 Å². The number of halogens is 1. The van der Waals surface area contributed by atoms with Crippen LogP contribution in [0.25, 0.3) is 0 Å². The average Bonchev–Trinajstić information content (AvgIpc) is 3.53. The number of carbonyl (C=O) groups is 2. The number of amides is 1. The van der Waals surface area contributed by atoms with Gasteiger partial charge in [0.1, 0.15) is 12.7 Å². The maximum absolute atomic E-state index is 12.4. The highest BCUT2D eigenvalue weighted by atomic mass is 127. The molecule has 1 saturated heterocycles. The van der Waals surface area contributed by atoms with E-state index in [9.17, 15) is 9.59 Å². The summed E-state index contributed by atoms with van der Waals surface area (Å²) < 4.78 is 17.2. The minimum absolute atomic E-state index is 0.0463. The van der Waals surface area contributed by atoms with Crippen molar-refractivity contribution in [1.82, 2.24) is 5.32 Å². The van der Waals surface area contributed by atoms with Crippen LogP contribution in [0.5, 0.6) is 0 Å². The second-order valence-corrected chi connectivity index (χ2v) is 8.66. The summed E-state index contributed by atoms with van der Waals surface area (Å²) >= 11 is 2.25. The lowest BCUT2D eigenvalue weighted by Crippen LogP contribution is -2.46. The number of hydrogen-bond donors (Lipinski definition) is 1. The molecule has 2 aromatic carbocycles. The van der Waals surface area contributed by atoms with Gasteiger partial charge in [-0.2, -0.15) is 0 Å². The van der Waals surface area contributed by atoms with Gasteiger partial charge in [-0.3, -0.25) is 0 Å². The predicted octanol–water partition coefficient (Wildman–Crippen LogP) is 3.85. The first-order valence-corrected chi connectivity index (χ1v) is 10.5. The molecule has 0 radical (unpaired) electrons. The van der Waals surface area contributed by atoms with E-state index in [1.807, 2.05) is 54.6 Å². The second kappa shape index (κ2) is 9.58. The minimum atomic E-state index is -1.41. The Hall–Kier alpha value is -2.13. The van der Waals surface area contributed by atoms with Gasteiger partial charge in [-0.1, -0.05) is 42.5 Å². The Labute approximate surface area is 184 Å². The fraction of sp³-hybridized carbons (Fsp3) is 0.364. The molecule has 0 aliphatic carbocycles. The van der Waals surface area contributed by atoms with Gasteiger partial charge >= 0.3 is 12.1 Å². The van der Waals surface area contributed by atoms with Crippen LogP contribution in [0.4, 0.5) is 4.79 Å². The highest BCUT2D eigenvalue weighted by Crippen LogP contribution is 2.20. The number of nitrogens with one attached hydrogen (secondary N) is 1. The van der Waals surface area contributed by atoms with Gasteiger partial charge in [0.25, 0.3) is 0 Å². The Morgan fingerprint density at radius 1 is 1.14 bits per heavy atom. The number of carbonyl (C=O) groups excluding carboxylic acids is 2. The Balaban J connectivity index is 1.52. The van der Waals surface area contributed by atoms with Crippen molar-refractivity contribution >= 4 is 34.7 Å². The standard InChI is InChI=1S/C22H24INO5/c1-22(2,20(25)28-13-16-6-4-3-5-7-16)29-21(26)24-18(19-14-27-19)12-15-8-10-17(23)11-9-15/h3-11,18-19H,12-14H2,1-2H3,(H,24,26)/t18-,19-/m0/s1. The maximum Gasteiger partial charge on any atom is 0.408 e. The fourth-order valence-electron chi connectivity index (χ4n) is 2.79. The first-order chi connectivity index (χ1) is 13.8. The minimum Gasteiger partial charge on any atom is -0.458 e. The quantitative estimate of drug-likeness (QED) is 0.333. The summed E-state index contributed by atoms with van der Waals surface area (Å²) in [6.45, 7) is 3.75. The normalized spacial score (nSPS) is 16.6. The zero-order valence-corrected chi connectivity index (χ0v) is 18.5. The molecule has 3 rings (SSSR count). The molecule has 0 spiro atoms. The number of esters is 1. The van der Waals surface area contributed by atoms with Crippen LogP contribution in [0.15, 0.2) is 54.6 Å². The van der Waals surface area contributed by atoms with Crippen molar-refractivity contribution in [2.75, 3.05) is 6.61 Å². The highest BCUT2D eigenvalue weighted by Gasteiger charge is 2.38. The molecule has 1 fully saturated rings. The van der Waals surface area contributed by atoms with Gasteiger partial charge in [-0.25, -0.2) is 9.59 Å². The summed E-state index contributed by atoms with van der Waals surface area (Å²) in [6, 6.07) is 17.2. The molecule has 0 saturated carbocycles. The van der Waals surface area contributed by atoms with Gasteiger partial charge in [0.05, 0.1) is 12.6 Å². The van der Waals surface area contributed by atoms with E-state index < -0.39 is 17.7 Å². The van der Waals surface area contributed by atoms with Crippen LogP contribution in [0.1, 0.15) is 25.0 Å². The van der Waals surface area contributed by atoms with Crippen molar-refractivity contribution < 1.29 is 23.8 Å². The van der Waals surface area contributed by atoms with Crippen molar-refractivity contribution in [1.29, 1.82) is 0 Å². The summed E-state index contributed by atoms with van der Waals surface area (Å²) in [5, 5.41) is 2.83. The number of ether oxygens (including phenoxy) is 3. The SMILES string of the molecule is CC(C)(OC(=O)N[C@@H](Cc1ccc(I)cc1)[C@@H]1CO1)C(=O)OCc1ccccc1. The molecule has 1 heterocycles. The Kier molecular flexibility index (Phi) is 7.13. The average molecular weight is 509 g/mol. The van der Waals surface area contributed by atoms with Crippen LogP contribution < -0.4 is 5.32 Å². The largest absolute Gasteiger partial charge is 0.458 e. The lowest BCUT2D eigenvalue weighted by Gasteiger charge is -2.25. The monoisotopic (exact) mass is 509 g/mol. The van der Waals surface area contributed by atoms with E-state index >= 15 is 0 Å². The summed E-state index contributed by atoms with van der Waals surface area (Å²) in [5.74, 6) is -0.603. The van der Waals surface area contributed by atoms with E-state index in [-0.39, 0.29) is 18.8 Å². The van der Waals surface area contributed by atoms with Crippen LogP contribution in [0.3, 0.4) is 0 Å². The van der Waals surface area contributed by atoms with E-state index in [0.29, 0.717) is 13.0 Å². The predicted molar refractivity (Wildman–Crippen MR) is 116 cm³/mol. The molecule has 1 N–H and O–H groups in total. The molecule has 1 amide bonds. The zero-order valence-electron chi connectivity index (χ0n) is 16.4. The molecule has 0 unspecified atom stereocenters. The fourth-order valence-corrected chi connectivity index (χ4v) is 3.15. The van der Waals surface area contributed by atoms with Gasteiger partial charge in [-0.05, 0) is 66.1 Å². The van der Waals surface area contributed by atoms with Crippen LogP contribution in [-0.2, 0) is 32.0 Å². The second-order valence-electron chi connectivity index (χ2n) is 7.41. The number of epoxide rings is 1. The van der Waals surface area contributed by atoms with E-state index in [1.165, 1.54) is 13.8 Å². The van der Waals surface area contributed by atoms with Gasteiger partial charge in [0, 0.05) is 3.57 Å². The van der Waals surface area contributed by atoms with Crippen molar-refractivity contribution in [3.8, 4) is 0 Å². The summed E-state index contributed by atoms with van der Waals surface area (Å²) in [6.07, 6.45) is -0.0945. The zero-order chi connectivity index (χ0) is 20.9. The van der Waals surface area contributed by atoms with Gasteiger partial charge < -0.3 is 19.5 Å². The van der Waals surface area contributed by atoms with Gasteiger partial charge in [0.2, 0.25) is 5.60 Å². The first kappa shape index (κ1) is 21.6. The number of hydrogen-bond acceptors (Lipinski definition) is 5. The van der Waals surface area contributed by atoms with E-state index in [2.05, 4.69) is 27.9 Å². The Morgan fingerprint density at radius 2 is 1.79 bits per heavy atom. The van der Waals surface area contributed by atoms with E-state index in [0.717, 1.165) is 14.7 Å². The molecule has 6 nitrogen and oxygen atoms in total. The first-order valence-electron chi connectivity index (χ1n) is 9.40. The smallest absolute Gasteiger partial charge is 0.408 e. The molecular weight excluding hydrogens is 485 g/mol. The number of benzene rings is 2. The van der Waals surface area contributed by atoms with E-state index in [1.54, 1.807) is 0 Å². The Bertz CT molecular complexity index is 834. The van der Waals surface area contributed by atoms with Crippen molar-refractivity contribution in [2.45, 2.75) is 44.6 Å².